The molecular weight excluding hydrogens is 550 g/mol. The highest BCUT2D eigenvalue weighted by molar-refractivity contribution is 6.32. The van der Waals surface area contributed by atoms with E-state index in [1.807, 2.05) is 7.05 Å². The number of fused-ring (bicyclic) bond motifs is 3. The fraction of sp³-hybridized carbons (Fsp3) is 0.567. The number of nitrogens with two attached hydrogens (primary N) is 1. The van der Waals surface area contributed by atoms with E-state index in [0.717, 1.165) is 6.54 Å². The molecule has 0 bridgehead atoms. The summed E-state index contributed by atoms with van der Waals surface area (Å²) < 4.78 is 0. The number of phenols is 1. The highest BCUT2D eigenvalue weighted by atomic mass is 35.5. The number of Topliss-reactive ketones (excluding diaryl/α,β-unsaturated/α-hetero) is 2. The molecule has 4 aliphatic rings. The Kier molecular flexibility index (Phi) is 7.74. The average Bonchev–Trinajstić information content (AvgIpc) is 2.89. The van der Waals surface area contributed by atoms with Crippen LogP contribution in [0.15, 0.2) is 23.0 Å². The van der Waals surface area contributed by atoms with Crippen molar-refractivity contribution in [3.8, 4) is 5.75 Å². The smallest absolute Gasteiger partial charge is 0.255 e. The van der Waals surface area contributed by atoms with Gasteiger partial charge in [0, 0.05) is 29.6 Å². The SMILES string of the molecule is CN(Cc1cc(O)c2c(c1Cl)C[C@H]1C[C@H]3[C@H](N(C)C)C(=O)C(C(N)=O)=C(O)[C@@]3(O)C(=O)C1=C2O)CC1CCCCC1. The summed E-state index contributed by atoms with van der Waals surface area (Å²) >= 11 is 6.90. The van der Waals surface area contributed by atoms with E-state index in [0.29, 0.717) is 28.6 Å². The predicted octanol–water partition coefficient (Wildman–Crippen LogP) is 2.63. The normalized spacial score (nSPS) is 28.7. The quantitative estimate of drug-likeness (QED) is 0.315. The van der Waals surface area contributed by atoms with Crippen molar-refractivity contribution in [1.29, 1.82) is 0 Å². The van der Waals surface area contributed by atoms with Gasteiger partial charge in [-0.3, -0.25) is 19.3 Å². The minimum atomic E-state index is -2.66. The van der Waals surface area contributed by atoms with Crippen LogP contribution in [0.2, 0.25) is 5.02 Å². The monoisotopic (exact) mass is 587 g/mol. The molecule has 0 aromatic heterocycles. The number of nitrogens with zero attached hydrogens (tertiary/aromatic N) is 2. The lowest BCUT2D eigenvalue weighted by Gasteiger charge is -2.50. The predicted molar refractivity (Wildman–Crippen MR) is 152 cm³/mol. The molecule has 0 radical (unpaired) electrons. The Morgan fingerprint density at radius 2 is 1.78 bits per heavy atom. The van der Waals surface area contributed by atoms with Crippen molar-refractivity contribution in [3.05, 3.63) is 44.7 Å². The summed E-state index contributed by atoms with van der Waals surface area (Å²) in [5.74, 6) is -6.15. The van der Waals surface area contributed by atoms with Crippen LogP contribution in [-0.2, 0) is 27.3 Å². The molecule has 222 valence electrons. The van der Waals surface area contributed by atoms with Crippen molar-refractivity contribution in [3.63, 3.8) is 0 Å². The third-order valence-electron chi connectivity index (χ3n) is 9.46. The van der Waals surface area contributed by atoms with Crippen LogP contribution >= 0.6 is 11.6 Å². The van der Waals surface area contributed by atoms with E-state index in [1.54, 1.807) is 14.1 Å². The molecule has 1 amide bonds. The maximum Gasteiger partial charge on any atom is 0.255 e. The number of likely N-dealkylation sites (N-methyl/N-ethyl adjacent to an activating group) is 1. The Morgan fingerprint density at radius 3 is 2.39 bits per heavy atom. The molecule has 1 aromatic rings. The molecule has 4 aliphatic carbocycles. The number of hydrogen-bond acceptors (Lipinski definition) is 9. The van der Waals surface area contributed by atoms with Crippen molar-refractivity contribution >= 4 is 34.8 Å². The molecule has 0 heterocycles. The van der Waals surface area contributed by atoms with Gasteiger partial charge in [0.1, 0.15) is 22.8 Å². The number of aromatic hydroxyl groups is 1. The first-order chi connectivity index (χ1) is 19.3. The Hall–Kier alpha value is -2.92. The van der Waals surface area contributed by atoms with Crippen molar-refractivity contribution in [2.24, 2.45) is 23.5 Å². The number of rotatable bonds is 6. The lowest BCUT2D eigenvalue weighted by Crippen LogP contribution is -2.65. The molecule has 2 saturated carbocycles. The number of halogens is 1. The number of carbonyl (C=O) groups is 3. The van der Waals surface area contributed by atoms with Crippen LogP contribution in [0.3, 0.4) is 0 Å². The minimum absolute atomic E-state index is 0.00460. The number of phenolic OH excluding ortho intramolecular Hbond substituents is 1. The van der Waals surface area contributed by atoms with Gasteiger partial charge in [0.05, 0.1) is 11.6 Å². The van der Waals surface area contributed by atoms with Gasteiger partial charge in [0.25, 0.3) is 5.91 Å². The number of aliphatic hydroxyl groups is 3. The lowest BCUT2D eigenvalue weighted by atomic mass is 9.57. The average molecular weight is 588 g/mol. The Labute approximate surface area is 244 Å². The number of ketones is 2. The van der Waals surface area contributed by atoms with Gasteiger partial charge in [-0.15, -0.1) is 0 Å². The maximum absolute atomic E-state index is 13.9. The highest BCUT2D eigenvalue weighted by Gasteiger charge is 2.64. The van der Waals surface area contributed by atoms with Gasteiger partial charge in [-0.2, -0.15) is 0 Å². The molecule has 10 nitrogen and oxygen atoms in total. The third-order valence-corrected chi connectivity index (χ3v) is 9.93. The van der Waals surface area contributed by atoms with Gasteiger partial charge in [-0.1, -0.05) is 30.9 Å². The molecule has 6 N–H and O–H groups in total. The van der Waals surface area contributed by atoms with Crippen LogP contribution in [0.25, 0.3) is 5.76 Å². The number of carbonyl (C=O) groups excluding carboxylic acids is 3. The Bertz CT molecular complexity index is 1380. The topological polar surface area (TPSA) is 165 Å². The van der Waals surface area contributed by atoms with Crippen molar-refractivity contribution in [2.75, 3.05) is 27.7 Å². The van der Waals surface area contributed by atoms with Gasteiger partial charge in [0.15, 0.2) is 11.4 Å². The maximum atomic E-state index is 13.9. The zero-order chi connectivity index (χ0) is 30.0. The van der Waals surface area contributed by atoms with Crippen molar-refractivity contribution in [1.82, 2.24) is 9.80 Å². The summed E-state index contributed by atoms with van der Waals surface area (Å²) in [5.41, 5.74) is 2.87. The van der Waals surface area contributed by atoms with E-state index in [4.69, 9.17) is 17.3 Å². The summed E-state index contributed by atoms with van der Waals surface area (Å²) in [6.07, 6.45) is 6.33. The summed E-state index contributed by atoms with van der Waals surface area (Å²) in [4.78, 5) is 42.9. The van der Waals surface area contributed by atoms with E-state index in [2.05, 4.69) is 4.90 Å². The molecule has 0 aliphatic heterocycles. The van der Waals surface area contributed by atoms with Crippen molar-refractivity contribution < 1.29 is 34.8 Å². The van der Waals surface area contributed by atoms with Crippen LogP contribution in [0.5, 0.6) is 5.75 Å². The second kappa shape index (κ2) is 10.7. The van der Waals surface area contributed by atoms with Gasteiger partial charge < -0.3 is 31.1 Å². The van der Waals surface area contributed by atoms with E-state index in [9.17, 15) is 34.8 Å². The first kappa shape index (κ1) is 29.6. The zero-order valence-corrected chi connectivity index (χ0v) is 24.4. The standard InChI is InChI=1S/C30H38ClN3O7/c1-33(2)24-18-10-15-9-17-21(19(35)11-16(23(17)31)13-34(3)12-14-7-5-4-6-8-14)25(36)20(15)27(38)30(18,41)28(39)22(26(24)37)29(32)40/h11,14-15,18,24,35-36,39,41H,4-10,12-13H2,1-3H3,(H2,32,40)/t15-,18-,24-,30-/m0/s1. The molecule has 0 unspecified atom stereocenters. The summed E-state index contributed by atoms with van der Waals surface area (Å²) in [6, 6.07) is 0.362. The number of benzene rings is 1. The van der Waals surface area contributed by atoms with Crippen LogP contribution in [0.1, 0.15) is 55.2 Å². The Morgan fingerprint density at radius 1 is 1.12 bits per heavy atom. The second-order valence-electron chi connectivity index (χ2n) is 12.4. The zero-order valence-electron chi connectivity index (χ0n) is 23.6. The van der Waals surface area contributed by atoms with Gasteiger partial charge in [-0.25, -0.2) is 0 Å². The van der Waals surface area contributed by atoms with E-state index < -0.39 is 58.0 Å². The van der Waals surface area contributed by atoms with E-state index in [-0.39, 0.29) is 29.7 Å². The number of hydrogen-bond donors (Lipinski definition) is 5. The van der Waals surface area contributed by atoms with Gasteiger partial charge in [0.2, 0.25) is 5.78 Å². The molecule has 1 aromatic carbocycles. The lowest BCUT2D eigenvalue weighted by molar-refractivity contribution is -0.153. The molecule has 11 heteroatoms. The van der Waals surface area contributed by atoms with E-state index in [1.165, 1.54) is 43.1 Å². The summed E-state index contributed by atoms with van der Waals surface area (Å²) in [5, 5.41) is 45.4. The number of amides is 1. The fourth-order valence-electron chi connectivity index (χ4n) is 7.63. The molecule has 2 fully saturated rings. The van der Waals surface area contributed by atoms with Gasteiger partial charge in [-0.05, 0) is 75.9 Å². The van der Waals surface area contributed by atoms with Crippen LogP contribution in [0, 0.1) is 17.8 Å². The number of aliphatic hydroxyl groups excluding tert-OH is 2. The van der Waals surface area contributed by atoms with Crippen LogP contribution in [0.4, 0.5) is 0 Å². The third kappa shape index (κ3) is 4.65. The largest absolute Gasteiger partial charge is 0.508 e. The molecular formula is C30H38ClN3O7. The molecule has 0 spiro atoms. The minimum Gasteiger partial charge on any atom is -0.508 e. The molecule has 41 heavy (non-hydrogen) atoms. The summed E-state index contributed by atoms with van der Waals surface area (Å²) in [6.45, 7) is 1.40. The van der Waals surface area contributed by atoms with Crippen molar-refractivity contribution in [2.45, 2.75) is 63.1 Å². The summed E-state index contributed by atoms with van der Waals surface area (Å²) in [7, 11) is 5.15. The first-order valence-corrected chi connectivity index (χ1v) is 14.5. The van der Waals surface area contributed by atoms with Crippen LogP contribution in [-0.4, -0.2) is 87.0 Å². The molecule has 4 atom stereocenters. The highest BCUT2D eigenvalue weighted by Crippen LogP contribution is 2.53. The molecule has 5 rings (SSSR count). The number of primary amides is 1. The molecule has 0 saturated heterocycles. The fourth-order valence-corrected chi connectivity index (χ4v) is 7.91. The van der Waals surface area contributed by atoms with Gasteiger partial charge >= 0.3 is 0 Å². The first-order valence-electron chi connectivity index (χ1n) is 14.2. The van der Waals surface area contributed by atoms with E-state index >= 15 is 0 Å². The second-order valence-corrected chi connectivity index (χ2v) is 12.8. The Balaban J connectivity index is 1.55. The van der Waals surface area contributed by atoms with Crippen LogP contribution < -0.4 is 5.73 Å².